The van der Waals surface area contributed by atoms with Crippen LogP contribution in [0.3, 0.4) is 0 Å². The lowest BCUT2D eigenvalue weighted by molar-refractivity contribution is -0.156. The molecule has 7 nitrogen and oxygen atoms in total. The Morgan fingerprint density at radius 3 is 2.59 bits per heavy atom. The van der Waals surface area contributed by atoms with Gasteiger partial charge in [-0.15, -0.1) is 0 Å². The van der Waals surface area contributed by atoms with E-state index >= 15 is 0 Å². The van der Waals surface area contributed by atoms with Crippen molar-refractivity contribution in [2.75, 3.05) is 20.1 Å². The van der Waals surface area contributed by atoms with Crippen LogP contribution in [-0.4, -0.2) is 58.6 Å². The van der Waals surface area contributed by atoms with E-state index in [4.69, 9.17) is 5.11 Å². The van der Waals surface area contributed by atoms with Crippen LogP contribution in [0.2, 0.25) is 0 Å². The Morgan fingerprint density at radius 1 is 1.59 bits per heavy atom. The number of aliphatic hydroxyl groups is 1. The lowest BCUT2D eigenvalue weighted by Crippen LogP contribution is -2.48. The van der Waals surface area contributed by atoms with Crippen molar-refractivity contribution in [3.63, 3.8) is 0 Å². The molecule has 7 heteroatoms. The van der Waals surface area contributed by atoms with Crippen LogP contribution in [-0.2, 0) is 14.4 Å². The SMILES string of the molecule is CN1CC(C(=O)NCC(C)(O)C(=O)O)CC1=O. The van der Waals surface area contributed by atoms with Crippen molar-refractivity contribution in [1.29, 1.82) is 0 Å². The van der Waals surface area contributed by atoms with Gasteiger partial charge < -0.3 is 20.4 Å². The van der Waals surface area contributed by atoms with Gasteiger partial charge in [0.2, 0.25) is 11.8 Å². The van der Waals surface area contributed by atoms with Crippen LogP contribution in [0.1, 0.15) is 13.3 Å². The van der Waals surface area contributed by atoms with Crippen molar-refractivity contribution in [3.05, 3.63) is 0 Å². The number of carbonyl (C=O) groups excluding carboxylic acids is 2. The Morgan fingerprint density at radius 2 is 2.18 bits per heavy atom. The van der Waals surface area contributed by atoms with Crippen LogP contribution in [0, 0.1) is 5.92 Å². The molecular weight excluding hydrogens is 228 g/mol. The molecule has 1 rings (SSSR count). The van der Waals surface area contributed by atoms with Crippen LogP contribution >= 0.6 is 0 Å². The molecule has 2 unspecified atom stereocenters. The summed E-state index contributed by atoms with van der Waals surface area (Å²) in [7, 11) is 1.60. The zero-order valence-corrected chi connectivity index (χ0v) is 9.77. The van der Waals surface area contributed by atoms with E-state index in [1.165, 1.54) is 4.90 Å². The predicted molar refractivity (Wildman–Crippen MR) is 57.0 cm³/mol. The molecule has 1 aliphatic rings. The summed E-state index contributed by atoms with van der Waals surface area (Å²) in [4.78, 5) is 34.9. The van der Waals surface area contributed by atoms with E-state index in [1.54, 1.807) is 7.05 Å². The first-order valence-electron chi connectivity index (χ1n) is 5.21. The quantitative estimate of drug-likeness (QED) is 0.553. The number of hydrogen-bond acceptors (Lipinski definition) is 4. The normalized spacial score (nSPS) is 23.4. The molecule has 0 aromatic heterocycles. The third kappa shape index (κ3) is 3.16. The summed E-state index contributed by atoms with van der Waals surface area (Å²) in [6.45, 7) is 1.04. The second kappa shape index (κ2) is 4.70. The Kier molecular flexibility index (Phi) is 3.72. The highest BCUT2D eigenvalue weighted by Gasteiger charge is 2.35. The molecule has 0 radical (unpaired) electrons. The first kappa shape index (κ1) is 13.4. The Balaban J connectivity index is 2.46. The number of hydrogen-bond donors (Lipinski definition) is 3. The summed E-state index contributed by atoms with van der Waals surface area (Å²) < 4.78 is 0. The second-order valence-corrected chi connectivity index (χ2v) is 4.47. The summed E-state index contributed by atoms with van der Waals surface area (Å²) in [5.74, 6) is -2.41. The highest BCUT2D eigenvalue weighted by atomic mass is 16.4. The van der Waals surface area contributed by atoms with Crippen LogP contribution in [0.25, 0.3) is 0 Å². The minimum Gasteiger partial charge on any atom is -0.479 e. The van der Waals surface area contributed by atoms with E-state index in [0.717, 1.165) is 6.92 Å². The number of carboxylic acids is 1. The maximum absolute atomic E-state index is 11.6. The van der Waals surface area contributed by atoms with Crippen molar-refractivity contribution in [3.8, 4) is 0 Å². The van der Waals surface area contributed by atoms with Gasteiger partial charge in [0, 0.05) is 20.0 Å². The molecule has 1 fully saturated rings. The number of carbonyl (C=O) groups is 3. The maximum Gasteiger partial charge on any atom is 0.337 e. The van der Waals surface area contributed by atoms with Gasteiger partial charge in [-0.05, 0) is 6.92 Å². The first-order chi connectivity index (χ1) is 7.74. The highest BCUT2D eigenvalue weighted by molar-refractivity contribution is 5.89. The van der Waals surface area contributed by atoms with E-state index in [1.807, 2.05) is 0 Å². The van der Waals surface area contributed by atoms with Gasteiger partial charge in [0.25, 0.3) is 0 Å². The van der Waals surface area contributed by atoms with Gasteiger partial charge in [0.1, 0.15) is 0 Å². The van der Waals surface area contributed by atoms with Gasteiger partial charge in [0.05, 0.1) is 12.5 Å². The van der Waals surface area contributed by atoms with E-state index in [9.17, 15) is 19.5 Å². The topological polar surface area (TPSA) is 107 Å². The molecule has 0 spiro atoms. The molecule has 0 aromatic carbocycles. The number of carboxylic acid groups (broad SMARTS) is 1. The lowest BCUT2D eigenvalue weighted by atomic mass is 10.1. The van der Waals surface area contributed by atoms with Gasteiger partial charge in [-0.3, -0.25) is 9.59 Å². The molecule has 3 N–H and O–H groups in total. The van der Waals surface area contributed by atoms with Crippen LogP contribution in [0.5, 0.6) is 0 Å². The molecule has 0 bridgehead atoms. The van der Waals surface area contributed by atoms with Gasteiger partial charge in [0.15, 0.2) is 5.60 Å². The maximum atomic E-state index is 11.6. The number of nitrogens with one attached hydrogen (secondary N) is 1. The van der Waals surface area contributed by atoms with E-state index in [2.05, 4.69) is 5.32 Å². The number of nitrogens with zero attached hydrogens (tertiary/aromatic N) is 1. The number of aliphatic carboxylic acids is 1. The molecule has 0 aromatic rings. The summed E-state index contributed by atoms with van der Waals surface area (Å²) >= 11 is 0. The standard InChI is InChI=1S/C10H16N2O5/c1-10(17,9(15)16)5-11-8(14)6-3-7(13)12(2)4-6/h6,17H,3-5H2,1-2H3,(H,11,14)(H,15,16). The number of rotatable bonds is 4. The van der Waals surface area contributed by atoms with E-state index in [0.29, 0.717) is 6.54 Å². The monoisotopic (exact) mass is 244 g/mol. The van der Waals surface area contributed by atoms with Crippen LogP contribution in [0.4, 0.5) is 0 Å². The van der Waals surface area contributed by atoms with E-state index in [-0.39, 0.29) is 18.9 Å². The summed E-state index contributed by atoms with van der Waals surface area (Å²) in [5.41, 5.74) is -2.00. The smallest absolute Gasteiger partial charge is 0.337 e. The van der Waals surface area contributed by atoms with Gasteiger partial charge in [-0.1, -0.05) is 0 Å². The minimum atomic E-state index is -2.00. The third-order valence-corrected chi connectivity index (χ3v) is 2.78. The van der Waals surface area contributed by atoms with Crippen molar-refractivity contribution in [2.24, 2.45) is 5.92 Å². The largest absolute Gasteiger partial charge is 0.479 e. The fraction of sp³-hybridized carbons (Fsp3) is 0.700. The number of likely N-dealkylation sites (tertiary alicyclic amines) is 1. The lowest BCUT2D eigenvalue weighted by Gasteiger charge is -2.19. The molecule has 0 aliphatic carbocycles. The predicted octanol–water partition coefficient (Wildman–Crippen LogP) is -1.58. The first-order valence-corrected chi connectivity index (χ1v) is 5.21. The zero-order chi connectivity index (χ0) is 13.2. The average molecular weight is 244 g/mol. The van der Waals surface area contributed by atoms with Crippen LogP contribution < -0.4 is 5.32 Å². The van der Waals surface area contributed by atoms with Gasteiger partial charge in [-0.25, -0.2) is 4.79 Å². The van der Waals surface area contributed by atoms with E-state index < -0.39 is 23.4 Å². The molecule has 2 atom stereocenters. The molecule has 1 heterocycles. The Hall–Kier alpha value is -1.63. The molecule has 96 valence electrons. The number of amides is 2. The second-order valence-electron chi connectivity index (χ2n) is 4.47. The molecule has 17 heavy (non-hydrogen) atoms. The van der Waals surface area contributed by atoms with Crippen molar-refractivity contribution >= 4 is 17.8 Å². The van der Waals surface area contributed by atoms with Gasteiger partial charge in [-0.2, -0.15) is 0 Å². The third-order valence-electron chi connectivity index (χ3n) is 2.78. The molecular formula is C10H16N2O5. The van der Waals surface area contributed by atoms with Crippen molar-refractivity contribution < 1.29 is 24.6 Å². The molecule has 1 saturated heterocycles. The Bertz CT molecular complexity index is 353. The van der Waals surface area contributed by atoms with Gasteiger partial charge >= 0.3 is 5.97 Å². The fourth-order valence-corrected chi connectivity index (χ4v) is 1.52. The summed E-state index contributed by atoms with van der Waals surface area (Å²) in [6.07, 6.45) is 0.123. The molecule has 0 saturated carbocycles. The highest BCUT2D eigenvalue weighted by Crippen LogP contribution is 2.16. The minimum absolute atomic E-state index is 0.116. The zero-order valence-electron chi connectivity index (χ0n) is 9.77. The van der Waals surface area contributed by atoms with Crippen molar-refractivity contribution in [1.82, 2.24) is 10.2 Å². The molecule has 1 aliphatic heterocycles. The average Bonchev–Trinajstić information content (AvgIpc) is 2.56. The fourth-order valence-electron chi connectivity index (χ4n) is 1.52. The summed E-state index contributed by atoms with van der Waals surface area (Å²) in [6, 6.07) is 0. The summed E-state index contributed by atoms with van der Waals surface area (Å²) in [5, 5.41) is 20.4. The van der Waals surface area contributed by atoms with Crippen LogP contribution in [0.15, 0.2) is 0 Å². The Labute approximate surface area is 98.4 Å². The van der Waals surface area contributed by atoms with Crippen molar-refractivity contribution in [2.45, 2.75) is 18.9 Å². The molecule has 2 amide bonds.